The minimum absolute atomic E-state index is 0.109. The second-order valence-electron chi connectivity index (χ2n) is 4.76. The highest BCUT2D eigenvalue weighted by molar-refractivity contribution is 5.73. The minimum atomic E-state index is 0.109. The fourth-order valence-corrected chi connectivity index (χ4v) is 2.74. The first-order chi connectivity index (χ1) is 6.00. The molecule has 1 fully saturated rings. The van der Waals surface area contributed by atoms with Crippen LogP contribution in [0.4, 0.5) is 0 Å². The lowest BCUT2D eigenvalue weighted by Gasteiger charge is -2.38. The third kappa shape index (κ3) is 2.71. The third-order valence-electron chi connectivity index (χ3n) is 3.14. The first-order valence-electron chi connectivity index (χ1n) is 5.27. The first kappa shape index (κ1) is 10.6. The maximum absolute atomic E-state index is 11.0. The Kier molecular flexibility index (Phi) is 3.34. The van der Waals surface area contributed by atoms with Crippen molar-refractivity contribution in [2.45, 2.75) is 46.6 Å². The standard InChI is InChI=1S/C11H21NO/c1-7-5-8(2)11(9(3)6-7)12-10(4)13/h7-9,11H,5-6H2,1-4H3,(H,12,13). The van der Waals surface area contributed by atoms with E-state index in [1.54, 1.807) is 6.92 Å². The number of hydrogen-bond donors (Lipinski definition) is 1. The molecule has 76 valence electrons. The second-order valence-corrected chi connectivity index (χ2v) is 4.76. The lowest BCUT2D eigenvalue weighted by atomic mass is 9.74. The Morgan fingerprint density at radius 1 is 1.15 bits per heavy atom. The van der Waals surface area contributed by atoms with Crippen LogP contribution >= 0.6 is 0 Å². The van der Waals surface area contributed by atoms with Gasteiger partial charge in [-0.05, 0) is 30.6 Å². The molecule has 1 amide bonds. The lowest BCUT2D eigenvalue weighted by Crippen LogP contribution is -2.46. The highest BCUT2D eigenvalue weighted by Crippen LogP contribution is 2.32. The van der Waals surface area contributed by atoms with Gasteiger partial charge in [0.1, 0.15) is 0 Å². The van der Waals surface area contributed by atoms with Crippen molar-refractivity contribution in [3.8, 4) is 0 Å². The van der Waals surface area contributed by atoms with Crippen molar-refractivity contribution >= 4 is 5.91 Å². The Morgan fingerprint density at radius 2 is 1.62 bits per heavy atom. The van der Waals surface area contributed by atoms with Crippen molar-refractivity contribution in [2.24, 2.45) is 17.8 Å². The zero-order chi connectivity index (χ0) is 10.0. The van der Waals surface area contributed by atoms with Crippen LogP contribution in [0.15, 0.2) is 0 Å². The van der Waals surface area contributed by atoms with Crippen molar-refractivity contribution in [3.63, 3.8) is 0 Å². The molecule has 2 nitrogen and oxygen atoms in total. The minimum Gasteiger partial charge on any atom is -0.353 e. The van der Waals surface area contributed by atoms with E-state index < -0.39 is 0 Å². The predicted molar refractivity (Wildman–Crippen MR) is 54.3 cm³/mol. The molecule has 0 spiro atoms. The highest BCUT2D eigenvalue weighted by Gasteiger charge is 2.31. The number of amides is 1. The van der Waals surface area contributed by atoms with E-state index in [2.05, 4.69) is 26.1 Å². The van der Waals surface area contributed by atoms with E-state index in [0.29, 0.717) is 17.9 Å². The van der Waals surface area contributed by atoms with E-state index in [-0.39, 0.29) is 5.91 Å². The van der Waals surface area contributed by atoms with Gasteiger partial charge >= 0.3 is 0 Å². The van der Waals surface area contributed by atoms with Gasteiger partial charge in [-0.25, -0.2) is 0 Å². The van der Waals surface area contributed by atoms with Crippen molar-refractivity contribution in [1.29, 1.82) is 0 Å². The molecule has 0 aromatic heterocycles. The van der Waals surface area contributed by atoms with Gasteiger partial charge in [0, 0.05) is 13.0 Å². The average molecular weight is 183 g/mol. The van der Waals surface area contributed by atoms with E-state index in [4.69, 9.17) is 0 Å². The van der Waals surface area contributed by atoms with E-state index in [0.717, 1.165) is 5.92 Å². The third-order valence-corrected chi connectivity index (χ3v) is 3.14. The van der Waals surface area contributed by atoms with Crippen molar-refractivity contribution in [1.82, 2.24) is 5.32 Å². The summed E-state index contributed by atoms with van der Waals surface area (Å²) in [7, 11) is 0. The van der Waals surface area contributed by atoms with Crippen LogP contribution in [-0.4, -0.2) is 11.9 Å². The number of carbonyl (C=O) groups excluding carboxylic acids is 1. The summed E-state index contributed by atoms with van der Waals surface area (Å²) in [5.74, 6) is 2.18. The SMILES string of the molecule is CC(=O)NC1C(C)CC(C)CC1C. The molecule has 0 aliphatic heterocycles. The molecule has 1 rings (SSSR count). The molecule has 0 heterocycles. The summed E-state index contributed by atoms with van der Waals surface area (Å²) in [5.41, 5.74) is 0. The van der Waals surface area contributed by atoms with Crippen molar-refractivity contribution in [2.75, 3.05) is 0 Å². The Labute approximate surface area is 81.1 Å². The van der Waals surface area contributed by atoms with Crippen LogP contribution in [0.5, 0.6) is 0 Å². The van der Waals surface area contributed by atoms with Gasteiger partial charge in [0.15, 0.2) is 0 Å². The van der Waals surface area contributed by atoms with Gasteiger partial charge in [0.2, 0.25) is 5.91 Å². The summed E-state index contributed by atoms with van der Waals surface area (Å²) in [5, 5.41) is 3.06. The van der Waals surface area contributed by atoms with E-state index >= 15 is 0 Å². The molecule has 1 saturated carbocycles. The average Bonchev–Trinajstić information content (AvgIpc) is 1.96. The lowest BCUT2D eigenvalue weighted by molar-refractivity contribution is -0.120. The summed E-state index contributed by atoms with van der Waals surface area (Å²) in [6.45, 7) is 8.40. The van der Waals surface area contributed by atoms with Gasteiger partial charge in [0.05, 0.1) is 0 Å². The molecular formula is C11H21NO. The fraction of sp³-hybridized carbons (Fsp3) is 0.909. The smallest absolute Gasteiger partial charge is 0.217 e. The molecule has 0 saturated heterocycles. The highest BCUT2D eigenvalue weighted by atomic mass is 16.1. The van der Waals surface area contributed by atoms with Crippen molar-refractivity contribution < 1.29 is 4.79 Å². The Hall–Kier alpha value is -0.530. The number of rotatable bonds is 1. The molecule has 2 unspecified atom stereocenters. The van der Waals surface area contributed by atoms with E-state index in [1.807, 2.05) is 0 Å². The quantitative estimate of drug-likeness (QED) is 0.663. The zero-order valence-electron chi connectivity index (χ0n) is 9.13. The van der Waals surface area contributed by atoms with Gasteiger partial charge in [-0.3, -0.25) is 4.79 Å². The van der Waals surface area contributed by atoms with Gasteiger partial charge in [0.25, 0.3) is 0 Å². The monoisotopic (exact) mass is 183 g/mol. The Morgan fingerprint density at radius 3 is 2.00 bits per heavy atom. The van der Waals surface area contributed by atoms with Gasteiger partial charge in [-0.15, -0.1) is 0 Å². The van der Waals surface area contributed by atoms with Crippen molar-refractivity contribution in [3.05, 3.63) is 0 Å². The van der Waals surface area contributed by atoms with E-state index in [9.17, 15) is 4.79 Å². The molecular weight excluding hydrogens is 162 g/mol. The van der Waals surface area contributed by atoms with Gasteiger partial charge < -0.3 is 5.32 Å². The Balaban J connectivity index is 2.56. The zero-order valence-corrected chi connectivity index (χ0v) is 9.13. The normalized spacial score (nSPS) is 40.0. The molecule has 13 heavy (non-hydrogen) atoms. The summed E-state index contributed by atoms with van der Waals surface area (Å²) in [6, 6.07) is 0.397. The maximum Gasteiger partial charge on any atom is 0.217 e. The molecule has 2 atom stereocenters. The molecule has 0 aromatic rings. The van der Waals surface area contributed by atoms with Crippen LogP contribution in [0.25, 0.3) is 0 Å². The van der Waals surface area contributed by atoms with Gasteiger partial charge in [-0.2, -0.15) is 0 Å². The second kappa shape index (κ2) is 4.12. The maximum atomic E-state index is 11.0. The molecule has 1 aliphatic carbocycles. The van der Waals surface area contributed by atoms with Gasteiger partial charge in [-0.1, -0.05) is 20.8 Å². The Bertz CT molecular complexity index is 179. The summed E-state index contributed by atoms with van der Waals surface area (Å²) in [4.78, 5) is 11.0. The largest absolute Gasteiger partial charge is 0.353 e. The van der Waals surface area contributed by atoms with E-state index in [1.165, 1.54) is 12.8 Å². The summed E-state index contributed by atoms with van der Waals surface area (Å²) >= 11 is 0. The summed E-state index contributed by atoms with van der Waals surface area (Å²) < 4.78 is 0. The van der Waals surface area contributed by atoms with Crippen LogP contribution in [0.2, 0.25) is 0 Å². The molecule has 0 radical (unpaired) electrons. The predicted octanol–water partition coefficient (Wildman–Crippen LogP) is 2.19. The molecule has 2 heteroatoms. The fourth-order valence-electron chi connectivity index (χ4n) is 2.74. The molecule has 1 N–H and O–H groups in total. The van der Waals surface area contributed by atoms with Crippen LogP contribution < -0.4 is 5.32 Å². The number of nitrogens with one attached hydrogen (secondary N) is 1. The first-order valence-corrected chi connectivity index (χ1v) is 5.27. The van der Waals surface area contributed by atoms with Crippen LogP contribution in [0.3, 0.4) is 0 Å². The van der Waals surface area contributed by atoms with Crippen LogP contribution in [0, 0.1) is 17.8 Å². The molecule has 1 aliphatic rings. The van der Waals surface area contributed by atoms with Crippen LogP contribution in [0.1, 0.15) is 40.5 Å². The molecule has 0 bridgehead atoms. The summed E-state index contributed by atoms with van der Waals surface area (Å²) in [6.07, 6.45) is 2.49. The van der Waals surface area contributed by atoms with Crippen LogP contribution in [-0.2, 0) is 4.79 Å². The molecule has 0 aromatic carbocycles. The number of hydrogen-bond acceptors (Lipinski definition) is 1. The number of carbonyl (C=O) groups is 1. The topological polar surface area (TPSA) is 29.1 Å².